The molecule has 0 saturated heterocycles. The summed E-state index contributed by atoms with van der Waals surface area (Å²) in [5.74, 6) is 3.93. The number of hydrogen-bond acceptors (Lipinski definition) is 3. The summed E-state index contributed by atoms with van der Waals surface area (Å²) < 4.78 is 8.70. The van der Waals surface area contributed by atoms with Crippen molar-refractivity contribution < 1.29 is 4.42 Å². The van der Waals surface area contributed by atoms with E-state index in [2.05, 4.69) is 43.8 Å². The van der Waals surface area contributed by atoms with Gasteiger partial charge in [0, 0.05) is 10.4 Å². The lowest BCUT2D eigenvalue weighted by atomic mass is 9.61. The van der Waals surface area contributed by atoms with E-state index in [1.54, 1.807) is 0 Å². The van der Waals surface area contributed by atoms with Crippen LogP contribution in [-0.2, 0) is 10.8 Å². The summed E-state index contributed by atoms with van der Waals surface area (Å²) in [5.41, 5.74) is 3.52. The molecular formula is C25H28ClN3O. The van der Waals surface area contributed by atoms with Crippen molar-refractivity contribution >= 4 is 11.6 Å². The molecule has 3 aromatic rings. The number of hydrogen-bond donors (Lipinski definition) is 0. The van der Waals surface area contributed by atoms with Gasteiger partial charge in [0.1, 0.15) is 5.76 Å². The van der Waals surface area contributed by atoms with Crippen LogP contribution in [0.4, 0.5) is 0 Å². The molecule has 7 rings (SSSR count). The Morgan fingerprint density at radius 2 is 1.73 bits per heavy atom. The largest absolute Gasteiger partial charge is 0.444 e. The first kappa shape index (κ1) is 18.7. The van der Waals surface area contributed by atoms with Crippen molar-refractivity contribution in [3.63, 3.8) is 0 Å². The van der Waals surface area contributed by atoms with E-state index >= 15 is 0 Å². The maximum Gasteiger partial charge on any atom is 0.206 e. The Balaban J connectivity index is 1.59. The highest BCUT2D eigenvalue weighted by molar-refractivity contribution is 6.30. The van der Waals surface area contributed by atoms with E-state index in [9.17, 15) is 0 Å². The number of aromatic nitrogens is 3. The first-order valence-corrected chi connectivity index (χ1v) is 11.5. The van der Waals surface area contributed by atoms with Gasteiger partial charge < -0.3 is 4.42 Å². The molecule has 2 atom stereocenters. The minimum absolute atomic E-state index is 0.0535. The third-order valence-corrected chi connectivity index (χ3v) is 7.84. The van der Waals surface area contributed by atoms with Crippen LogP contribution >= 0.6 is 11.6 Å². The summed E-state index contributed by atoms with van der Waals surface area (Å²) in [5, 5.41) is 5.64. The van der Waals surface area contributed by atoms with Crippen LogP contribution in [0.3, 0.4) is 0 Å². The average Bonchev–Trinajstić information content (AvgIpc) is 3.33. The number of benzene rings is 1. The highest BCUT2D eigenvalue weighted by atomic mass is 35.5. The molecular weight excluding hydrogens is 394 g/mol. The summed E-state index contributed by atoms with van der Waals surface area (Å²) in [6.07, 6.45) is 10.2. The fraction of sp³-hybridized carbons (Fsp3) is 0.520. The van der Waals surface area contributed by atoms with Gasteiger partial charge in [-0.2, -0.15) is 5.10 Å². The van der Waals surface area contributed by atoms with Crippen molar-refractivity contribution in [1.29, 1.82) is 0 Å². The maximum atomic E-state index is 6.55. The predicted octanol–water partition coefficient (Wildman–Crippen LogP) is 6.40. The Morgan fingerprint density at radius 1 is 1.03 bits per heavy atom. The van der Waals surface area contributed by atoms with Crippen LogP contribution in [0.1, 0.15) is 81.7 Å². The molecule has 2 heterocycles. The highest BCUT2D eigenvalue weighted by Gasteiger charge is 2.55. The van der Waals surface area contributed by atoms with Crippen LogP contribution < -0.4 is 0 Å². The van der Waals surface area contributed by atoms with Crippen molar-refractivity contribution in [3.8, 4) is 5.69 Å². The first-order valence-electron chi connectivity index (χ1n) is 11.1. The fourth-order valence-electron chi connectivity index (χ4n) is 6.45. The van der Waals surface area contributed by atoms with E-state index in [1.807, 2.05) is 18.3 Å². The number of halogens is 1. The van der Waals surface area contributed by atoms with Gasteiger partial charge in [0.15, 0.2) is 0 Å². The number of rotatable bonds is 2. The molecule has 4 aliphatic rings. The van der Waals surface area contributed by atoms with Gasteiger partial charge >= 0.3 is 0 Å². The Hall–Kier alpha value is -2.07. The molecule has 2 unspecified atom stereocenters. The van der Waals surface area contributed by atoms with Gasteiger partial charge in [-0.15, -0.1) is 0 Å². The second kappa shape index (κ2) is 6.23. The Morgan fingerprint density at radius 3 is 2.37 bits per heavy atom. The van der Waals surface area contributed by atoms with Gasteiger partial charge in [0.05, 0.1) is 29.2 Å². The lowest BCUT2D eigenvalue weighted by Gasteiger charge is -2.44. The smallest absolute Gasteiger partial charge is 0.206 e. The molecule has 5 heteroatoms. The third kappa shape index (κ3) is 2.65. The zero-order valence-electron chi connectivity index (χ0n) is 17.9. The number of nitrogens with zero attached hydrogens (tertiary/aromatic N) is 3. The summed E-state index contributed by atoms with van der Waals surface area (Å²) in [7, 11) is 0. The number of oxazole rings is 1. The van der Waals surface area contributed by atoms with Gasteiger partial charge in [-0.25, -0.2) is 9.67 Å². The van der Waals surface area contributed by atoms with Gasteiger partial charge in [0.2, 0.25) is 5.89 Å². The predicted molar refractivity (Wildman–Crippen MR) is 117 cm³/mol. The molecule has 156 valence electrons. The highest BCUT2D eigenvalue weighted by Crippen LogP contribution is 2.61. The summed E-state index contributed by atoms with van der Waals surface area (Å²) in [6.45, 7) is 6.56. The van der Waals surface area contributed by atoms with Crippen LogP contribution in [0.5, 0.6) is 0 Å². The summed E-state index contributed by atoms with van der Waals surface area (Å²) in [4.78, 5) is 4.91. The van der Waals surface area contributed by atoms with Crippen molar-refractivity contribution in [2.75, 3.05) is 0 Å². The zero-order chi connectivity index (χ0) is 20.7. The summed E-state index contributed by atoms with van der Waals surface area (Å²) >= 11 is 6.17. The van der Waals surface area contributed by atoms with E-state index in [1.165, 1.54) is 30.5 Å². The first-order chi connectivity index (χ1) is 14.3. The molecule has 2 fully saturated rings. The standard InChI is InChI=1S/C25H28ClN3O/c1-24(2,3)21-14-27-23(30-21)25-11-15-8-16(12-25)10-17(9-15)20-13-28-29(22(20)25)19-6-4-18(26)5-7-19/h4-7,13-17H,8-12H2,1-3H3. The molecule has 4 bridgehead atoms. The Bertz CT molecular complexity index is 1090. The molecule has 2 aromatic heterocycles. The van der Waals surface area contributed by atoms with Crippen molar-refractivity contribution in [2.45, 2.75) is 69.6 Å². The van der Waals surface area contributed by atoms with Gasteiger partial charge in [-0.05, 0) is 79.7 Å². The van der Waals surface area contributed by atoms with Crippen LogP contribution in [0.15, 0.2) is 41.1 Å². The normalized spacial score (nSPS) is 29.8. The van der Waals surface area contributed by atoms with Crippen molar-refractivity contribution in [2.24, 2.45) is 11.8 Å². The van der Waals surface area contributed by atoms with Crippen LogP contribution in [0.2, 0.25) is 5.02 Å². The molecule has 0 spiro atoms. The quantitative estimate of drug-likeness (QED) is 0.480. The van der Waals surface area contributed by atoms with Crippen LogP contribution in [0.25, 0.3) is 5.69 Å². The minimum atomic E-state index is -0.201. The maximum absolute atomic E-state index is 6.55. The molecule has 0 radical (unpaired) electrons. The van der Waals surface area contributed by atoms with E-state index < -0.39 is 0 Å². The van der Waals surface area contributed by atoms with E-state index in [-0.39, 0.29) is 10.8 Å². The topological polar surface area (TPSA) is 43.9 Å². The van der Waals surface area contributed by atoms with Gasteiger partial charge in [-0.1, -0.05) is 32.4 Å². The second-order valence-electron chi connectivity index (χ2n) is 10.7. The van der Waals surface area contributed by atoms with Crippen molar-refractivity contribution in [3.05, 3.63) is 64.6 Å². The lowest BCUT2D eigenvalue weighted by Crippen LogP contribution is -2.40. The fourth-order valence-corrected chi connectivity index (χ4v) is 6.58. The molecule has 0 amide bonds. The summed E-state index contributed by atoms with van der Waals surface area (Å²) in [6, 6.07) is 8.02. The van der Waals surface area contributed by atoms with Gasteiger partial charge in [0.25, 0.3) is 0 Å². The third-order valence-electron chi connectivity index (χ3n) is 7.59. The molecule has 1 aromatic carbocycles. The van der Waals surface area contributed by atoms with E-state index in [0.717, 1.165) is 47.0 Å². The monoisotopic (exact) mass is 421 g/mol. The van der Waals surface area contributed by atoms with Crippen LogP contribution in [0, 0.1) is 11.8 Å². The van der Waals surface area contributed by atoms with Crippen molar-refractivity contribution in [1.82, 2.24) is 14.8 Å². The average molecular weight is 422 g/mol. The SMILES string of the molecule is CC(C)(C)c1cnc(C23CC4CC(CC(C4)c4cnn(-c5ccc(Cl)cc5)c42)C3)o1. The lowest BCUT2D eigenvalue weighted by molar-refractivity contribution is 0.112. The molecule has 30 heavy (non-hydrogen) atoms. The van der Waals surface area contributed by atoms with Gasteiger partial charge in [-0.3, -0.25) is 0 Å². The van der Waals surface area contributed by atoms with Crippen LogP contribution in [-0.4, -0.2) is 14.8 Å². The molecule has 2 saturated carbocycles. The molecule has 4 aliphatic carbocycles. The molecule has 0 N–H and O–H groups in total. The zero-order valence-corrected chi connectivity index (χ0v) is 18.6. The van der Waals surface area contributed by atoms with E-state index in [4.69, 9.17) is 26.1 Å². The second-order valence-corrected chi connectivity index (χ2v) is 11.2. The minimum Gasteiger partial charge on any atom is -0.444 e. The Kier molecular flexibility index (Phi) is 3.88. The van der Waals surface area contributed by atoms with E-state index in [0.29, 0.717) is 5.92 Å². The molecule has 0 aliphatic heterocycles. The Labute approximate surface area is 182 Å². The molecule has 4 nitrogen and oxygen atoms in total.